The van der Waals surface area contributed by atoms with Gasteiger partial charge in [-0.3, -0.25) is 0 Å². The first kappa shape index (κ1) is 32.5. The standard InChI is InChI=1S/C36H34O12/c1-39-29-13-23(14-30(40-2)33(29)47-35(37)21-5-9-25(10-6-21)43-17-27-19-45-27)24-15-31(41-3)34(32(16-24)42-4)48-36(38)22-7-11-26(12-8-22)44-18-28-20-46-28/h5-16,27-28H,17-20H2,1-4H3. The van der Waals surface area contributed by atoms with Crippen LogP contribution in [0.4, 0.5) is 0 Å². The summed E-state index contributed by atoms with van der Waals surface area (Å²) in [5, 5.41) is 0. The molecule has 0 aromatic heterocycles. The van der Waals surface area contributed by atoms with E-state index in [0.717, 1.165) is 0 Å². The summed E-state index contributed by atoms with van der Waals surface area (Å²) in [6, 6.07) is 19.9. The molecule has 0 N–H and O–H groups in total. The monoisotopic (exact) mass is 658 g/mol. The van der Waals surface area contributed by atoms with Gasteiger partial charge in [0, 0.05) is 0 Å². The molecule has 2 heterocycles. The van der Waals surface area contributed by atoms with E-state index in [1.165, 1.54) is 28.4 Å². The molecule has 4 aromatic rings. The molecular formula is C36H34O12. The molecule has 2 saturated heterocycles. The van der Waals surface area contributed by atoms with Crippen molar-refractivity contribution in [1.29, 1.82) is 0 Å². The predicted molar refractivity (Wildman–Crippen MR) is 171 cm³/mol. The lowest BCUT2D eigenvalue weighted by Gasteiger charge is -2.18. The SMILES string of the molecule is COc1cc(-c2cc(OC)c(OC(=O)c3ccc(OCC4CO4)cc3)c(OC)c2)cc(OC)c1OC(=O)c1ccc(OCC2CO2)cc1. The summed E-state index contributed by atoms with van der Waals surface area (Å²) in [6.45, 7) is 2.30. The van der Waals surface area contributed by atoms with E-state index in [0.29, 0.717) is 60.2 Å². The molecule has 0 radical (unpaired) electrons. The highest BCUT2D eigenvalue weighted by atomic mass is 16.6. The largest absolute Gasteiger partial charge is 0.493 e. The third-order valence-electron chi connectivity index (χ3n) is 7.50. The normalized spacial score (nSPS) is 15.9. The van der Waals surface area contributed by atoms with E-state index in [9.17, 15) is 9.59 Å². The van der Waals surface area contributed by atoms with Crippen LogP contribution in [-0.4, -0.2) is 79.0 Å². The molecule has 0 spiro atoms. The van der Waals surface area contributed by atoms with Crippen molar-refractivity contribution in [2.75, 3.05) is 54.9 Å². The lowest BCUT2D eigenvalue weighted by atomic mass is 10.0. The van der Waals surface area contributed by atoms with Crippen molar-refractivity contribution in [3.63, 3.8) is 0 Å². The van der Waals surface area contributed by atoms with E-state index in [1.54, 1.807) is 72.8 Å². The van der Waals surface area contributed by atoms with Crippen molar-refractivity contribution in [1.82, 2.24) is 0 Å². The predicted octanol–water partition coefficient (Wildman–Crippen LogP) is 5.38. The molecule has 2 aliphatic heterocycles. The van der Waals surface area contributed by atoms with E-state index >= 15 is 0 Å². The van der Waals surface area contributed by atoms with Crippen molar-refractivity contribution < 1.29 is 57.0 Å². The van der Waals surface area contributed by atoms with Gasteiger partial charge in [0.25, 0.3) is 0 Å². The van der Waals surface area contributed by atoms with Crippen molar-refractivity contribution >= 4 is 11.9 Å². The molecule has 0 bridgehead atoms. The summed E-state index contributed by atoms with van der Waals surface area (Å²) in [5.41, 5.74) is 1.86. The first-order valence-electron chi connectivity index (χ1n) is 15.0. The maximum absolute atomic E-state index is 13.1. The zero-order valence-corrected chi connectivity index (χ0v) is 26.8. The van der Waals surface area contributed by atoms with Gasteiger partial charge in [0.05, 0.1) is 52.8 Å². The minimum atomic E-state index is -0.610. The fourth-order valence-corrected chi connectivity index (χ4v) is 4.68. The van der Waals surface area contributed by atoms with E-state index < -0.39 is 11.9 Å². The van der Waals surface area contributed by atoms with Gasteiger partial charge in [-0.15, -0.1) is 0 Å². The molecule has 2 fully saturated rings. The van der Waals surface area contributed by atoms with E-state index in [-0.39, 0.29) is 46.7 Å². The highest BCUT2D eigenvalue weighted by Crippen LogP contribution is 2.46. The zero-order valence-electron chi connectivity index (χ0n) is 26.8. The second-order valence-electron chi connectivity index (χ2n) is 10.8. The number of ether oxygens (including phenoxy) is 10. The van der Waals surface area contributed by atoms with Crippen LogP contribution in [0.3, 0.4) is 0 Å². The molecule has 6 rings (SSSR count). The maximum atomic E-state index is 13.1. The van der Waals surface area contributed by atoms with E-state index in [1.807, 2.05) is 0 Å². The Bertz CT molecular complexity index is 1580. The molecule has 48 heavy (non-hydrogen) atoms. The smallest absolute Gasteiger partial charge is 0.343 e. The summed E-state index contributed by atoms with van der Waals surface area (Å²) >= 11 is 0. The first-order valence-corrected chi connectivity index (χ1v) is 15.0. The number of esters is 2. The van der Waals surface area contributed by atoms with Gasteiger partial charge in [0.15, 0.2) is 23.0 Å². The van der Waals surface area contributed by atoms with Crippen molar-refractivity contribution in [3.05, 3.63) is 83.9 Å². The number of hydrogen-bond donors (Lipinski definition) is 0. The molecule has 250 valence electrons. The lowest BCUT2D eigenvalue weighted by Crippen LogP contribution is -2.11. The van der Waals surface area contributed by atoms with Crippen LogP contribution in [0.2, 0.25) is 0 Å². The van der Waals surface area contributed by atoms with E-state index in [4.69, 9.17) is 47.4 Å². The molecule has 12 heteroatoms. The third-order valence-corrected chi connectivity index (χ3v) is 7.50. The molecule has 0 aliphatic carbocycles. The van der Waals surface area contributed by atoms with Crippen LogP contribution in [0.25, 0.3) is 11.1 Å². The molecule has 12 nitrogen and oxygen atoms in total. The van der Waals surface area contributed by atoms with Gasteiger partial charge in [-0.2, -0.15) is 0 Å². The Morgan fingerprint density at radius 1 is 0.562 bits per heavy atom. The minimum absolute atomic E-state index is 0.0988. The summed E-state index contributed by atoms with van der Waals surface area (Å²) in [4.78, 5) is 26.2. The maximum Gasteiger partial charge on any atom is 0.343 e. The quantitative estimate of drug-likeness (QED) is 0.0922. The van der Waals surface area contributed by atoms with Gasteiger partial charge < -0.3 is 47.4 Å². The number of methoxy groups -OCH3 is 4. The number of carbonyl (C=O) groups excluding carboxylic acids is 2. The van der Waals surface area contributed by atoms with Crippen LogP contribution in [0.5, 0.6) is 46.0 Å². The Labute approximate surface area is 276 Å². The van der Waals surface area contributed by atoms with Crippen molar-refractivity contribution in [3.8, 4) is 57.1 Å². The average Bonchev–Trinajstić information content (AvgIpc) is 4.06. The van der Waals surface area contributed by atoms with Gasteiger partial charge in [0.1, 0.15) is 36.9 Å². The molecule has 0 saturated carbocycles. The Hall–Kier alpha value is -5.46. The van der Waals surface area contributed by atoms with E-state index in [2.05, 4.69) is 0 Å². The number of benzene rings is 4. The second kappa shape index (κ2) is 14.5. The summed E-state index contributed by atoms with van der Waals surface area (Å²) < 4.78 is 55.5. The summed E-state index contributed by atoms with van der Waals surface area (Å²) in [6.07, 6.45) is 0.246. The fraction of sp³-hybridized carbons (Fsp3) is 0.278. The molecule has 4 aromatic carbocycles. The first-order chi connectivity index (χ1) is 23.4. The van der Waals surface area contributed by atoms with Crippen LogP contribution in [-0.2, 0) is 9.47 Å². The fourth-order valence-electron chi connectivity index (χ4n) is 4.68. The second-order valence-corrected chi connectivity index (χ2v) is 10.8. The summed E-state index contributed by atoms with van der Waals surface area (Å²) in [5.74, 6) is 1.19. The van der Waals surface area contributed by atoms with Gasteiger partial charge in [-0.1, -0.05) is 0 Å². The average molecular weight is 659 g/mol. The van der Waals surface area contributed by atoms with Gasteiger partial charge >= 0.3 is 11.9 Å². The third kappa shape index (κ3) is 7.73. The Morgan fingerprint density at radius 3 is 1.15 bits per heavy atom. The molecule has 2 unspecified atom stereocenters. The van der Waals surface area contributed by atoms with Crippen LogP contribution < -0.4 is 37.9 Å². The van der Waals surface area contributed by atoms with Crippen molar-refractivity contribution in [2.45, 2.75) is 12.2 Å². The zero-order chi connectivity index (χ0) is 33.6. The highest BCUT2D eigenvalue weighted by Gasteiger charge is 2.25. The number of hydrogen-bond acceptors (Lipinski definition) is 12. The molecular weight excluding hydrogens is 624 g/mol. The molecule has 0 amide bonds. The van der Waals surface area contributed by atoms with Gasteiger partial charge in [-0.25, -0.2) is 9.59 Å². The van der Waals surface area contributed by atoms with Crippen LogP contribution in [0.1, 0.15) is 20.7 Å². The van der Waals surface area contributed by atoms with Crippen LogP contribution in [0, 0.1) is 0 Å². The van der Waals surface area contributed by atoms with Crippen LogP contribution >= 0.6 is 0 Å². The number of rotatable bonds is 15. The lowest BCUT2D eigenvalue weighted by molar-refractivity contribution is 0.0715. The van der Waals surface area contributed by atoms with Crippen molar-refractivity contribution in [2.24, 2.45) is 0 Å². The topological polar surface area (TPSA) is 133 Å². The molecule has 2 atom stereocenters. The minimum Gasteiger partial charge on any atom is -0.493 e. The Kier molecular flexibility index (Phi) is 9.83. The Morgan fingerprint density at radius 2 is 0.875 bits per heavy atom. The van der Waals surface area contributed by atoms with Gasteiger partial charge in [-0.05, 0) is 83.9 Å². The number of carbonyl (C=O) groups is 2. The Balaban J connectivity index is 1.21. The highest BCUT2D eigenvalue weighted by molar-refractivity contribution is 5.93. The molecule has 2 aliphatic rings. The van der Waals surface area contributed by atoms with Gasteiger partial charge in [0.2, 0.25) is 11.5 Å². The number of epoxide rings is 2. The van der Waals surface area contributed by atoms with Crippen LogP contribution in [0.15, 0.2) is 72.8 Å². The summed E-state index contributed by atoms with van der Waals surface area (Å²) in [7, 11) is 5.82.